The van der Waals surface area contributed by atoms with Gasteiger partial charge in [-0.2, -0.15) is 0 Å². The van der Waals surface area contributed by atoms with Crippen molar-refractivity contribution in [3.63, 3.8) is 0 Å². The van der Waals surface area contributed by atoms with E-state index in [2.05, 4.69) is 15.0 Å². The van der Waals surface area contributed by atoms with Crippen molar-refractivity contribution in [1.82, 2.24) is 10.0 Å². The molecule has 0 fully saturated rings. The van der Waals surface area contributed by atoms with Crippen molar-refractivity contribution in [2.75, 3.05) is 13.1 Å². The van der Waals surface area contributed by atoms with E-state index in [1.54, 1.807) is 32.0 Å². The van der Waals surface area contributed by atoms with Crippen molar-refractivity contribution >= 4 is 34.2 Å². The normalized spacial score (nSPS) is 17.3. The fourth-order valence-corrected chi connectivity index (χ4v) is 3.12. The minimum absolute atomic E-state index is 0. The monoisotopic (exact) mass is 346 g/mol. The SMILES string of the molecule is CC(C)(CN)NC(=O)CN=C1NS(=O)(=O)c2ccccc21.Cl. The van der Waals surface area contributed by atoms with Gasteiger partial charge in [-0.05, 0) is 26.0 Å². The number of carbonyl (C=O) groups is 1. The maximum absolute atomic E-state index is 11.9. The van der Waals surface area contributed by atoms with Crippen LogP contribution in [0.3, 0.4) is 0 Å². The summed E-state index contributed by atoms with van der Waals surface area (Å²) in [6.07, 6.45) is 0. The third-order valence-electron chi connectivity index (χ3n) is 3.03. The lowest BCUT2D eigenvalue weighted by molar-refractivity contribution is -0.121. The summed E-state index contributed by atoms with van der Waals surface area (Å²) in [6, 6.07) is 6.50. The molecular formula is C13H19ClN4O3S. The van der Waals surface area contributed by atoms with Gasteiger partial charge < -0.3 is 11.1 Å². The number of benzene rings is 1. The van der Waals surface area contributed by atoms with E-state index >= 15 is 0 Å². The summed E-state index contributed by atoms with van der Waals surface area (Å²) < 4.78 is 26.1. The van der Waals surface area contributed by atoms with Crippen molar-refractivity contribution in [3.05, 3.63) is 29.8 Å². The van der Waals surface area contributed by atoms with Gasteiger partial charge in [0.2, 0.25) is 5.91 Å². The number of nitrogens with two attached hydrogens (primary N) is 1. The maximum atomic E-state index is 11.9. The highest BCUT2D eigenvalue weighted by Gasteiger charge is 2.30. The number of nitrogens with one attached hydrogen (secondary N) is 2. The first kappa shape index (κ1) is 18.4. The zero-order valence-corrected chi connectivity index (χ0v) is 13.9. The van der Waals surface area contributed by atoms with Crippen LogP contribution in [0.25, 0.3) is 0 Å². The van der Waals surface area contributed by atoms with Gasteiger partial charge in [-0.15, -0.1) is 12.4 Å². The van der Waals surface area contributed by atoms with Crippen molar-refractivity contribution in [3.8, 4) is 0 Å². The number of fused-ring (bicyclic) bond motifs is 1. The van der Waals surface area contributed by atoms with E-state index in [0.29, 0.717) is 12.1 Å². The molecule has 0 aromatic heterocycles. The second kappa shape index (κ2) is 6.64. The Balaban J connectivity index is 0.00000242. The van der Waals surface area contributed by atoms with E-state index in [1.807, 2.05) is 0 Å². The second-order valence-electron chi connectivity index (χ2n) is 5.40. The molecule has 0 bridgehead atoms. The van der Waals surface area contributed by atoms with Gasteiger partial charge >= 0.3 is 0 Å². The van der Waals surface area contributed by atoms with Crippen molar-refractivity contribution < 1.29 is 13.2 Å². The van der Waals surface area contributed by atoms with Crippen molar-refractivity contribution in [2.45, 2.75) is 24.3 Å². The number of amidine groups is 1. The molecule has 22 heavy (non-hydrogen) atoms. The third kappa shape index (κ3) is 3.96. The van der Waals surface area contributed by atoms with E-state index in [0.717, 1.165) is 0 Å². The summed E-state index contributed by atoms with van der Waals surface area (Å²) in [5.41, 5.74) is 5.48. The standard InChI is InChI=1S/C13H18N4O3S.ClH/c1-13(2,8-14)16-11(18)7-15-12-9-5-3-4-6-10(9)21(19,20)17-12;/h3-6H,7-8,14H2,1-2H3,(H,15,17)(H,16,18);1H. The van der Waals surface area contributed by atoms with Crippen LogP contribution in [-0.2, 0) is 14.8 Å². The number of carbonyl (C=O) groups excluding carboxylic acids is 1. The first-order chi connectivity index (χ1) is 9.75. The maximum Gasteiger partial charge on any atom is 0.263 e. The number of halogens is 1. The topological polar surface area (TPSA) is 114 Å². The van der Waals surface area contributed by atoms with Gasteiger partial charge in [-0.1, -0.05) is 12.1 Å². The molecule has 7 nitrogen and oxygen atoms in total. The van der Waals surface area contributed by atoms with Crippen molar-refractivity contribution in [1.29, 1.82) is 0 Å². The number of sulfonamides is 1. The molecule has 1 aliphatic rings. The minimum Gasteiger partial charge on any atom is -0.348 e. The fourth-order valence-electron chi connectivity index (χ4n) is 1.87. The van der Waals surface area contributed by atoms with Gasteiger partial charge in [0.25, 0.3) is 10.0 Å². The smallest absolute Gasteiger partial charge is 0.263 e. The van der Waals surface area contributed by atoms with Crippen LogP contribution >= 0.6 is 12.4 Å². The van der Waals surface area contributed by atoms with Crippen LogP contribution in [0.2, 0.25) is 0 Å². The van der Waals surface area contributed by atoms with Gasteiger partial charge in [0.05, 0.1) is 4.90 Å². The zero-order valence-electron chi connectivity index (χ0n) is 12.3. The molecule has 1 heterocycles. The Labute approximate surface area is 135 Å². The molecule has 9 heteroatoms. The lowest BCUT2D eigenvalue weighted by atomic mass is 10.1. The van der Waals surface area contributed by atoms with Gasteiger partial charge in [0.15, 0.2) is 0 Å². The molecule has 0 atom stereocenters. The predicted molar refractivity (Wildman–Crippen MR) is 86.7 cm³/mol. The highest BCUT2D eigenvalue weighted by Crippen LogP contribution is 2.21. The lowest BCUT2D eigenvalue weighted by Gasteiger charge is -2.23. The molecule has 2 rings (SSSR count). The molecule has 0 radical (unpaired) electrons. The first-order valence-electron chi connectivity index (χ1n) is 6.43. The third-order valence-corrected chi connectivity index (χ3v) is 4.43. The average Bonchev–Trinajstić information content (AvgIpc) is 2.68. The Kier molecular flexibility index (Phi) is 5.55. The molecule has 0 saturated carbocycles. The van der Waals surface area contributed by atoms with Gasteiger partial charge in [0, 0.05) is 17.6 Å². The molecule has 0 saturated heterocycles. The first-order valence-corrected chi connectivity index (χ1v) is 7.91. The summed E-state index contributed by atoms with van der Waals surface area (Å²) >= 11 is 0. The molecule has 122 valence electrons. The lowest BCUT2D eigenvalue weighted by Crippen LogP contribution is -2.49. The Bertz CT molecular complexity index is 701. The predicted octanol–water partition coefficient (Wildman–Crippen LogP) is 0.000400. The summed E-state index contributed by atoms with van der Waals surface area (Å²) in [7, 11) is -3.57. The van der Waals surface area contributed by atoms with E-state index in [-0.39, 0.29) is 35.6 Å². The van der Waals surface area contributed by atoms with Crippen LogP contribution in [0, 0.1) is 0 Å². The Morgan fingerprint density at radius 2 is 2.00 bits per heavy atom. The summed E-state index contributed by atoms with van der Waals surface area (Å²) in [5.74, 6) is -0.132. The van der Waals surface area contributed by atoms with E-state index < -0.39 is 15.6 Å². The number of rotatable bonds is 4. The van der Waals surface area contributed by atoms with Crippen LogP contribution in [-0.4, -0.2) is 38.8 Å². The number of hydrogen-bond donors (Lipinski definition) is 3. The number of hydrogen-bond acceptors (Lipinski definition) is 5. The average molecular weight is 347 g/mol. The summed E-state index contributed by atoms with van der Waals surface area (Å²) in [4.78, 5) is 16.0. The number of nitrogens with zero attached hydrogens (tertiary/aromatic N) is 1. The van der Waals surface area contributed by atoms with Crippen LogP contribution in [0.15, 0.2) is 34.2 Å². The van der Waals surface area contributed by atoms with Gasteiger partial charge in [-0.3, -0.25) is 14.5 Å². The molecule has 1 aromatic carbocycles. The number of amides is 1. The summed E-state index contributed by atoms with van der Waals surface area (Å²) in [5, 5.41) is 2.73. The molecular weight excluding hydrogens is 328 g/mol. The summed E-state index contributed by atoms with van der Waals surface area (Å²) in [6.45, 7) is 3.72. The second-order valence-corrected chi connectivity index (χ2v) is 7.05. The highest BCUT2D eigenvalue weighted by atomic mass is 35.5. The molecule has 1 amide bonds. The van der Waals surface area contributed by atoms with E-state index in [4.69, 9.17) is 5.73 Å². The number of aliphatic imine (C=N–C) groups is 1. The van der Waals surface area contributed by atoms with Crippen LogP contribution in [0.5, 0.6) is 0 Å². The zero-order chi connectivity index (χ0) is 15.7. The van der Waals surface area contributed by atoms with Crippen molar-refractivity contribution in [2.24, 2.45) is 10.7 Å². The quantitative estimate of drug-likeness (QED) is 0.712. The Morgan fingerprint density at radius 1 is 1.36 bits per heavy atom. The molecule has 0 spiro atoms. The molecule has 0 aliphatic carbocycles. The van der Waals surface area contributed by atoms with Crippen LogP contribution in [0.4, 0.5) is 0 Å². The highest BCUT2D eigenvalue weighted by molar-refractivity contribution is 7.90. The fraction of sp³-hybridized carbons (Fsp3) is 0.385. The molecule has 1 aliphatic heterocycles. The Hall–Kier alpha value is -1.64. The minimum atomic E-state index is -3.57. The van der Waals surface area contributed by atoms with Gasteiger partial charge in [-0.25, -0.2) is 8.42 Å². The largest absolute Gasteiger partial charge is 0.348 e. The molecule has 1 aromatic rings. The van der Waals surface area contributed by atoms with E-state index in [9.17, 15) is 13.2 Å². The molecule has 4 N–H and O–H groups in total. The Morgan fingerprint density at radius 3 is 2.64 bits per heavy atom. The van der Waals surface area contributed by atoms with Crippen LogP contribution in [0.1, 0.15) is 19.4 Å². The van der Waals surface area contributed by atoms with E-state index in [1.165, 1.54) is 6.07 Å². The van der Waals surface area contributed by atoms with Gasteiger partial charge in [0.1, 0.15) is 12.4 Å². The molecule has 0 unspecified atom stereocenters. The van der Waals surface area contributed by atoms with Crippen LogP contribution < -0.4 is 15.8 Å².